The molecule has 0 radical (unpaired) electrons. The molecule has 0 bridgehead atoms. The third-order valence-corrected chi connectivity index (χ3v) is 1.83. The summed E-state index contributed by atoms with van der Waals surface area (Å²) in [5, 5.41) is 8.96. The van der Waals surface area contributed by atoms with Crippen LogP contribution in [0.2, 0.25) is 0 Å². The molecule has 2 N–H and O–H groups in total. The predicted octanol–water partition coefficient (Wildman–Crippen LogP) is 1.07. The predicted molar refractivity (Wildman–Crippen MR) is 53.5 cm³/mol. The first-order valence-electron chi connectivity index (χ1n) is 3.24. The number of halogens is 2. The number of aromatic nitrogens is 4. The van der Waals surface area contributed by atoms with E-state index in [9.17, 15) is 4.79 Å². The second-order valence-corrected chi connectivity index (χ2v) is 3.15. The number of aromatic amines is 2. The molecule has 2 heterocycles. The summed E-state index contributed by atoms with van der Waals surface area (Å²) in [6.45, 7) is 0. The van der Waals surface area contributed by atoms with E-state index in [1.807, 2.05) is 0 Å². The Balaban J connectivity index is 0.000000845. The summed E-state index contributed by atoms with van der Waals surface area (Å²) in [5.41, 5.74) is 0.284. The zero-order chi connectivity index (χ0) is 8.55. The van der Waals surface area contributed by atoms with Gasteiger partial charge in [0.15, 0.2) is 0 Å². The second-order valence-electron chi connectivity index (χ2n) is 2.23. The van der Waals surface area contributed by atoms with Gasteiger partial charge in [0, 0.05) is 12.4 Å². The lowest BCUT2D eigenvalue weighted by molar-refractivity contribution is 0.873. The Kier molecular flexibility index (Phi) is 2.94. The van der Waals surface area contributed by atoms with Crippen molar-refractivity contribution < 1.29 is 0 Å². The maximum absolute atomic E-state index is 11.1. The molecule has 13 heavy (non-hydrogen) atoms. The molecule has 2 aromatic heterocycles. The first-order chi connectivity index (χ1) is 5.77. The molecule has 5 nitrogen and oxygen atoms in total. The van der Waals surface area contributed by atoms with E-state index < -0.39 is 0 Å². The molecular weight excluding hydrogens is 259 g/mol. The lowest BCUT2D eigenvalue weighted by Gasteiger charge is -1.90. The van der Waals surface area contributed by atoms with Crippen LogP contribution in [-0.4, -0.2) is 20.0 Å². The molecule has 0 amide bonds. The van der Waals surface area contributed by atoms with Crippen molar-refractivity contribution in [1.82, 2.24) is 20.0 Å². The van der Waals surface area contributed by atoms with Crippen molar-refractivity contribution in [2.75, 3.05) is 0 Å². The van der Waals surface area contributed by atoms with Crippen LogP contribution in [-0.2, 0) is 0 Å². The van der Waals surface area contributed by atoms with Gasteiger partial charge in [-0.1, -0.05) is 0 Å². The zero-order valence-corrected chi connectivity index (χ0v) is 8.72. The van der Waals surface area contributed by atoms with Gasteiger partial charge in [0.25, 0.3) is 5.56 Å². The molecule has 7 heteroatoms. The highest BCUT2D eigenvalue weighted by molar-refractivity contribution is 9.10. The van der Waals surface area contributed by atoms with Crippen LogP contribution in [0.3, 0.4) is 0 Å². The summed E-state index contributed by atoms with van der Waals surface area (Å²) in [7, 11) is 0. The minimum Gasteiger partial charge on any atom is -0.303 e. The van der Waals surface area contributed by atoms with Gasteiger partial charge >= 0.3 is 0 Å². The van der Waals surface area contributed by atoms with Crippen LogP contribution in [0.5, 0.6) is 0 Å². The van der Waals surface area contributed by atoms with Gasteiger partial charge in [-0.15, -0.1) is 12.4 Å². The highest BCUT2D eigenvalue weighted by Gasteiger charge is 2.03. The van der Waals surface area contributed by atoms with E-state index in [1.54, 1.807) is 18.6 Å². The number of nitrogens with one attached hydrogen (secondary N) is 2. The van der Waals surface area contributed by atoms with Gasteiger partial charge in [-0.2, -0.15) is 5.10 Å². The fourth-order valence-corrected chi connectivity index (χ4v) is 1.19. The lowest BCUT2D eigenvalue weighted by Crippen LogP contribution is -2.08. The molecule has 0 atom stereocenters. The molecule has 2 rings (SSSR count). The van der Waals surface area contributed by atoms with Gasteiger partial charge in [-0.3, -0.25) is 9.89 Å². The Morgan fingerprint density at radius 1 is 1.54 bits per heavy atom. The highest BCUT2D eigenvalue weighted by atomic mass is 79.9. The van der Waals surface area contributed by atoms with Crippen LogP contribution < -0.4 is 5.56 Å². The molecule has 70 valence electrons. The number of rotatable bonds is 1. The summed E-state index contributed by atoms with van der Waals surface area (Å²) < 4.78 is 2.32. The van der Waals surface area contributed by atoms with E-state index in [0.717, 1.165) is 4.47 Å². The van der Waals surface area contributed by atoms with Gasteiger partial charge in [0.2, 0.25) is 0 Å². The standard InChI is InChI=1S/C6H5BrN4O.ClH/c7-4-1-9-11(3-4)5-2-8-10-6(5)12;/h1-3H,(H2,8,10,12);1H. The van der Waals surface area contributed by atoms with E-state index >= 15 is 0 Å². The van der Waals surface area contributed by atoms with E-state index in [1.165, 1.54) is 4.68 Å². The summed E-state index contributed by atoms with van der Waals surface area (Å²) in [6.07, 6.45) is 4.88. The van der Waals surface area contributed by atoms with Crippen molar-refractivity contribution in [2.45, 2.75) is 0 Å². The molecule has 0 aromatic carbocycles. The first kappa shape index (κ1) is 10.1. The Morgan fingerprint density at radius 2 is 2.31 bits per heavy atom. The summed E-state index contributed by atoms with van der Waals surface area (Å²) in [6, 6.07) is 0. The number of nitrogens with zero attached hydrogens (tertiary/aromatic N) is 2. The zero-order valence-electron chi connectivity index (χ0n) is 6.32. The lowest BCUT2D eigenvalue weighted by atomic mass is 10.6. The molecular formula is C6H6BrClN4O. The Bertz CT molecular complexity index is 445. The van der Waals surface area contributed by atoms with Crippen molar-refractivity contribution in [3.8, 4) is 5.69 Å². The molecule has 0 aliphatic carbocycles. The number of H-pyrrole nitrogens is 2. The van der Waals surface area contributed by atoms with Gasteiger partial charge in [0.05, 0.1) is 10.7 Å². The van der Waals surface area contributed by atoms with Crippen LogP contribution >= 0.6 is 28.3 Å². The van der Waals surface area contributed by atoms with Crippen molar-refractivity contribution in [2.24, 2.45) is 0 Å². The highest BCUT2D eigenvalue weighted by Crippen LogP contribution is 2.08. The molecule has 0 spiro atoms. The van der Waals surface area contributed by atoms with Gasteiger partial charge in [0.1, 0.15) is 5.69 Å². The maximum Gasteiger partial charge on any atom is 0.289 e. The van der Waals surface area contributed by atoms with Crippen molar-refractivity contribution in [3.63, 3.8) is 0 Å². The second kappa shape index (κ2) is 3.80. The van der Waals surface area contributed by atoms with Gasteiger partial charge in [-0.05, 0) is 15.9 Å². The molecule has 0 fully saturated rings. The number of hydrogen-bond acceptors (Lipinski definition) is 2. The molecule has 0 unspecified atom stereocenters. The Morgan fingerprint density at radius 3 is 2.77 bits per heavy atom. The van der Waals surface area contributed by atoms with Crippen molar-refractivity contribution >= 4 is 28.3 Å². The van der Waals surface area contributed by atoms with E-state index in [2.05, 4.69) is 31.2 Å². The quantitative estimate of drug-likeness (QED) is 0.810. The fourth-order valence-electron chi connectivity index (χ4n) is 0.902. The molecule has 0 aliphatic rings. The minimum atomic E-state index is -0.189. The first-order valence-corrected chi connectivity index (χ1v) is 4.03. The van der Waals surface area contributed by atoms with Crippen LogP contribution in [0.25, 0.3) is 5.69 Å². The fraction of sp³-hybridized carbons (Fsp3) is 0. The van der Waals surface area contributed by atoms with Crippen molar-refractivity contribution in [3.05, 3.63) is 33.4 Å². The summed E-state index contributed by atoms with van der Waals surface area (Å²) in [4.78, 5) is 11.1. The average molecular weight is 265 g/mol. The summed E-state index contributed by atoms with van der Waals surface area (Å²) >= 11 is 3.24. The molecule has 0 saturated carbocycles. The van der Waals surface area contributed by atoms with E-state index in [-0.39, 0.29) is 18.0 Å². The molecule has 0 aliphatic heterocycles. The number of hydrogen-bond donors (Lipinski definition) is 2. The monoisotopic (exact) mass is 264 g/mol. The Hall–Kier alpha value is -1.01. The molecule has 2 aromatic rings. The summed E-state index contributed by atoms with van der Waals surface area (Å²) in [5.74, 6) is 0. The largest absolute Gasteiger partial charge is 0.303 e. The van der Waals surface area contributed by atoms with Crippen LogP contribution in [0.15, 0.2) is 27.9 Å². The van der Waals surface area contributed by atoms with Crippen molar-refractivity contribution in [1.29, 1.82) is 0 Å². The van der Waals surface area contributed by atoms with E-state index in [4.69, 9.17) is 0 Å². The van der Waals surface area contributed by atoms with Gasteiger partial charge in [-0.25, -0.2) is 4.68 Å². The third kappa shape index (κ3) is 1.84. The SMILES string of the molecule is Cl.O=c1[nH][nH]cc1-n1cc(Br)cn1. The Labute approximate surface area is 87.7 Å². The van der Waals surface area contributed by atoms with Crippen LogP contribution in [0, 0.1) is 0 Å². The maximum atomic E-state index is 11.1. The van der Waals surface area contributed by atoms with Gasteiger partial charge < -0.3 is 5.10 Å². The third-order valence-electron chi connectivity index (χ3n) is 1.43. The topological polar surface area (TPSA) is 66.5 Å². The normalized spacial score (nSPS) is 9.62. The van der Waals surface area contributed by atoms with Crippen LogP contribution in [0.1, 0.15) is 0 Å². The molecule has 0 saturated heterocycles. The smallest absolute Gasteiger partial charge is 0.289 e. The minimum absolute atomic E-state index is 0. The van der Waals surface area contributed by atoms with E-state index in [0.29, 0.717) is 5.69 Å². The average Bonchev–Trinajstić information content (AvgIpc) is 2.58. The van der Waals surface area contributed by atoms with Crippen LogP contribution in [0.4, 0.5) is 0 Å².